The summed E-state index contributed by atoms with van der Waals surface area (Å²) >= 11 is 0. The standard InChI is InChI=1S/C18H20N6O5S/c19-30(26,27)29-13-7-10(6-12(13)25)22-17-14-18(21-8-20-17)24-16(23-14)11-3-1-2-9-4-5-28-15(9)11/h1-3,8,10,12-13,25H,4-7H2,(H2,19,26,27)(H2,20,21,22,23,24)/t10-,12+,13+/m1/s1. The summed E-state index contributed by atoms with van der Waals surface area (Å²) in [5, 5.41) is 18.2. The maximum Gasteiger partial charge on any atom is 0.333 e. The molecule has 2 aliphatic rings. The van der Waals surface area contributed by atoms with Gasteiger partial charge in [-0.15, -0.1) is 0 Å². The first kappa shape index (κ1) is 19.2. The lowest BCUT2D eigenvalue weighted by Crippen LogP contribution is -2.29. The summed E-state index contributed by atoms with van der Waals surface area (Å²) in [6, 6.07) is 5.67. The van der Waals surface area contributed by atoms with Crippen LogP contribution in [-0.4, -0.2) is 58.3 Å². The molecule has 1 fully saturated rings. The third kappa shape index (κ3) is 3.58. The number of aliphatic hydroxyl groups excluding tert-OH is 1. The van der Waals surface area contributed by atoms with Gasteiger partial charge in [-0.1, -0.05) is 12.1 Å². The molecular formula is C18H20N6O5S. The molecule has 0 spiro atoms. The van der Waals surface area contributed by atoms with Gasteiger partial charge in [0, 0.05) is 12.5 Å². The molecule has 5 N–H and O–H groups in total. The number of benzene rings is 1. The normalized spacial score (nSPS) is 23.5. The van der Waals surface area contributed by atoms with Crippen molar-refractivity contribution in [3.63, 3.8) is 0 Å². The van der Waals surface area contributed by atoms with Gasteiger partial charge in [-0.25, -0.2) is 20.1 Å². The van der Waals surface area contributed by atoms with E-state index >= 15 is 0 Å². The molecule has 0 radical (unpaired) electrons. The Morgan fingerprint density at radius 3 is 3.00 bits per heavy atom. The van der Waals surface area contributed by atoms with E-state index in [1.807, 2.05) is 18.2 Å². The molecule has 1 aromatic carbocycles. The van der Waals surface area contributed by atoms with E-state index in [1.165, 1.54) is 6.33 Å². The molecule has 5 rings (SSSR count). The minimum Gasteiger partial charge on any atom is -0.492 e. The quantitative estimate of drug-likeness (QED) is 0.448. The Morgan fingerprint density at radius 2 is 2.17 bits per heavy atom. The van der Waals surface area contributed by atoms with Crippen molar-refractivity contribution in [3.05, 3.63) is 30.1 Å². The Morgan fingerprint density at radius 1 is 1.30 bits per heavy atom. The number of nitrogens with one attached hydrogen (secondary N) is 2. The predicted octanol–water partition coefficient (Wildman–Crippen LogP) is 0.479. The minimum absolute atomic E-state index is 0.254. The zero-order valence-corrected chi connectivity index (χ0v) is 16.6. The van der Waals surface area contributed by atoms with Crippen LogP contribution in [0.25, 0.3) is 22.6 Å². The summed E-state index contributed by atoms with van der Waals surface area (Å²) in [5.74, 6) is 1.94. The second-order valence-corrected chi connectivity index (χ2v) is 8.58. The van der Waals surface area contributed by atoms with E-state index in [9.17, 15) is 13.5 Å². The number of nitrogens with zero attached hydrogens (tertiary/aromatic N) is 3. The molecule has 1 aliphatic carbocycles. The number of H-pyrrole nitrogens is 1. The van der Waals surface area contributed by atoms with Gasteiger partial charge in [0.05, 0.1) is 18.3 Å². The minimum atomic E-state index is -4.15. The van der Waals surface area contributed by atoms with Crippen molar-refractivity contribution in [2.75, 3.05) is 11.9 Å². The van der Waals surface area contributed by atoms with Crippen LogP contribution in [0.15, 0.2) is 24.5 Å². The number of fused-ring (bicyclic) bond motifs is 2. The van der Waals surface area contributed by atoms with Crippen molar-refractivity contribution in [3.8, 4) is 17.1 Å². The van der Waals surface area contributed by atoms with Crippen molar-refractivity contribution in [2.24, 2.45) is 5.14 Å². The molecule has 1 saturated carbocycles. The predicted molar refractivity (Wildman–Crippen MR) is 107 cm³/mol. The molecule has 158 valence electrons. The van der Waals surface area contributed by atoms with Gasteiger partial charge in [0.25, 0.3) is 0 Å². The second kappa shape index (κ2) is 7.16. The van der Waals surface area contributed by atoms with Crippen LogP contribution < -0.4 is 15.2 Å². The first-order chi connectivity index (χ1) is 14.4. The molecule has 30 heavy (non-hydrogen) atoms. The van der Waals surface area contributed by atoms with Crippen molar-refractivity contribution in [2.45, 2.75) is 37.5 Å². The van der Waals surface area contributed by atoms with Gasteiger partial charge in [-0.05, 0) is 24.5 Å². The Bertz CT molecular complexity index is 1210. The number of aromatic nitrogens is 4. The van der Waals surface area contributed by atoms with Crippen LogP contribution in [0.4, 0.5) is 5.82 Å². The van der Waals surface area contributed by atoms with E-state index in [1.54, 1.807) is 0 Å². The number of hydrogen-bond acceptors (Lipinski definition) is 9. The third-order valence-electron chi connectivity index (χ3n) is 5.33. The molecule has 3 aromatic rings. The highest BCUT2D eigenvalue weighted by atomic mass is 32.2. The lowest BCUT2D eigenvalue weighted by Gasteiger charge is -2.13. The fourth-order valence-corrected chi connectivity index (χ4v) is 4.58. The van der Waals surface area contributed by atoms with E-state index in [0.29, 0.717) is 29.4 Å². The Balaban J connectivity index is 1.42. The molecule has 0 bridgehead atoms. The van der Waals surface area contributed by atoms with Gasteiger partial charge < -0.3 is 20.1 Å². The Kier molecular flexibility index (Phi) is 4.58. The zero-order valence-electron chi connectivity index (χ0n) is 15.8. The van der Waals surface area contributed by atoms with Gasteiger partial charge in [-0.2, -0.15) is 8.42 Å². The molecule has 0 amide bonds. The van der Waals surface area contributed by atoms with Crippen molar-refractivity contribution in [1.29, 1.82) is 0 Å². The fourth-order valence-electron chi connectivity index (χ4n) is 4.03. The lowest BCUT2D eigenvalue weighted by atomic mass is 10.1. The molecule has 12 heteroatoms. The average Bonchev–Trinajstić information content (AvgIpc) is 3.39. The zero-order chi connectivity index (χ0) is 20.9. The second-order valence-electron chi connectivity index (χ2n) is 7.41. The van der Waals surface area contributed by atoms with E-state index in [4.69, 9.17) is 14.1 Å². The molecule has 2 aromatic heterocycles. The topological polar surface area (TPSA) is 165 Å². The van der Waals surface area contributed by atoms with Crippen LogP contribution >= 0.6 is 0 Å². The average molecular weight is 432 g/mol. The number of rotatable bonds is 5. The van der Waals surface area contributed by atoms with Crippen LogP contribution in [0.2, 0.25) is 0 Å². The van der Waals surface area contributed by atoms with E-state index in [-0.39, 0.29) is 18.9 Å². The summed E-state index contributed by atoms with van der Waals surface area (Å²) in [6.45, 7) is 0.644. The summed E-state index contributed by atoms with van der Waals surface area (Å²) < 4.78 is 32.9. The summed E-state index contributed by atoms with van der Waals surface area (Å²) in [4.78, 5) is 16.3. The summed E-state index contributed by atoms with van der Waals surface area (Å²) in [6.07, 6.45) is 0.930. The molecule has 3 atom stereocenters. The number of nitrogens with two attached hydrogens (primary N) is 1. The monoisotopic (exact) mass is 432 g/mol. The summed E-state index contributed by atoms with van der Waals surface area (Å²) in [7, 11) is -4.15. The van der Waals surface area contributed by atoms with Crippen LogP contribution in [-0.2, 0) is 20.9 Å². The highest BCUT2D eigenvalue weighted by molar-refractivity contribution is 7.84. The van der Waals surface area contributed by atoms with Crippen LogP contribution in [0.3, 0.4) is 0 Å². The molecule has 0 saturated heterocycles. The molecule has 1 aliphatic heterocycles. The van der Waals surface area contributed by atoms with E-state index in [0.717, 1.165) is 23.3 Å². The van der Waals surface area contributed by atoms with Crippen molar-refractivity contribution in [1.82, 2.24) is 19.9 Å². The number of aliphatic hydroxyl groups is 1. The number of anilines is 1. The summed E-state index contributed by atoms with van der Waals surface area (Å²) in [5.41, 5.74) is 3.08. The van der Waals surface area contributed by atoms with Gasteiger partial charge in [-0.3, -0.25) is 4.18 Å². The maximum atomic E-state index is 11.2. The first-order valence-electron chi connectivity index (χ1n) is 9.49. The third-order valence-corrected chi connectivity index (χ3v) is 5.84. The molecule has 0 unspecified atom stereocenters. The molecule has 11 nitrogen and oxygen atoms in total. The van der Waals surface area contributed by atoms with E-state index in [2.05, 4.69) is 25.3 Å². The van der Waals surface area contributed by atoms with Crippen LogP contribution in [0.1, 0.15) is 18.4 Å². The first-order valence-corrected chi connectivity index (χ1v) is 11.0. The van der Waals surface area contributed by atoms with Gasteiger partial charge >= 0.3 is 10.3 Å². The molecular weight excluding hydrogens is 412 g/mol. The van der Waals surface area contributed by atoms with Crippen LogP contribution in [0, 0.1) is 0 Å². The Labute approximate surface area is 171 Å². The van der Waals surface area contributed by atoms with Gasteiger partial charge in [0.1, 0.15) is 29.5 Å². The van der Waals surface area contributed by atoms with Crippen molar-refractivity contribution >= 4 is 27.3 Å². The number of imidazole rings is 1. The number of aromatic amines is 1. The number of ether oxygens (including phenoxy) is 1. The largest absolute Gasteiger partial charge is 0.492 e. The smallest absolute Gasteiger partial charge is 0.333 e. The highest BCUT2D eigenvalue weighted by Crippen LogP contribution is 2.36. The Hall–Kier alpha value is -2.80. The van der Waals surface area contributed by atoms with Gasteiger partial charge in [0.2, 0.25) is 0 Å². The SMILES string of the molecule is NS(=O)(=O)O[C@H]1C[C@H](Nc2ncnc3nc(-c4cccc5c4OCC5)[nH]c23)C[C@@H]1O. The maximum absolute atomic E-state index is 11.2. The number of hydrogen-bond donors (Lipinski definition) is 4. The lowest BCUT2D eigenvalue weighted by molar-refractivity contribution is 0.0646. The fraction of sp³-hybridized carbons (Fsp3) is 0.389. The molecule has 3 heterocycles. The van der Waals surface area contributed by atoms with E-state index < -0.39 is 22.5 Å². The van der Waals surface area contributed by atoms with Gasteiger partial charge in [0.15, 0.2) is 11.5 Å². The van der Waals surface area contributed by atoms with Crippen LogP contribution in [0.5, 0.6) is 5.75 Å². The highest BCUT2D eigenvalue weighted by Gasteiger charge is 2.36. The van der Waals surface area contributed by atoms with Crippen molar-refractivity contribution < 1.29 is 22.4 Å². The number of para-hydroxylation sites is 1.